The van der Waals surface area contributed by atoms with Crippen molar-refractivity contribution in [2.75, 3.05) is 25.4 Å². The molecule has 0 atom stereocenters. The van der Waals surface area contributed by atoms with Crippen LogP contribution in [0.4, 0.5) is 17.6 Å². The number of likely N-dealkylation sites (tertiary alicyclic amines) is 1. The first kappa shape index (κ1) is 23.2. The lowest BCUT2D eigenvalue weighted by Gasteiger charge is -2.34. The van der Waals surface area contributed by atoms with Gasteiger partial charge in [-0.25, -0.2) is 4.39 Å². The van der Waals surface area contributed by atoms with Crippen molar-refractivity contribution >= 4 is 22.7 Å². The minimum Gasteiger partial charge on any atom is -0.341 e. The number of thioether (sulfide) groups is 1. The summed E-state index contributed by atoms with van der Waals surface area (Å²) in [4.78, 5) is 3.35. The quantitative estimate of drug-likeness (QED) is 0.208. The Kier molecular flexibility index (Phi) is 7.15. The molecule has 7 heteroatoms. The van der Waals surface area contributed by atoms with Crippen molar-refractivity contribution in [1.29, 1.82) is 0 Å². The molecule has 2 nitrogen and oxygen atoms in total. The minimum absolute atomic E-state index is 0.193. The third-order valence-electron chi connectivity index (χ3n) is 6.23. The van der Waals surface area contributed by atoms with Crippen LogP contribution in [0, 0.1) is 5.82 Å². The van der Waals surface area contributed by atoms with Crippen molar-refractivity contribution in [3.05, 3.63) is 65.6 Å². The van der Waals surface area contributed by atoms with Crippen LogP contribution < -0.4 is 0 Å². The van der Waals surface area contributed by atoms with Gasteiger partial charge >= 0.3 is 6.18 Å². The highest BCUT2D eigenvalue weighted by Gasteiger charge is 2.30. The van der Waals surface area contributed by atoms with Gasteiger partial charge in [0.05, 0.1) is 5.56 Å². The molecule has 1 saturated heterocycles. The first-order valence-corrected chi connectivity index (χ1v) is 12.2. The molecule has 1 fully saturated rings. The summed E-state index contributed by atoms with van der Waals surface area (Å²) >= 11 is 1.61. The summed E-state index contributed by atoms with van der Waals surface area (Å²) in [7, 11) is 0. The van der Waals surface area contributed by atoms with Crippen LogP contribution in [-0.4, -0.2) is 34.9 Å². The van der Waals surface area contributed by atoms with Gasteiger partial charge in [-0.1, -0.05) is 6.92 Å². The predicted octanol–water partition coefficient (Wildman–Crippen LogP) is 7.18. The molecule has 1 aliphatic heterocycles. The van der Waals surface area contributed by atoms with E-state index in [0.717, 1.165) is 79.0 Å². The number of piperidine rings is 1. The van der Waals surface area contributed by atoms with Gasteiger partial charge in [-0.2, -0.15) is 13.2 Å². The largest absolute Gasteiger partial charge is 0.416 e. The third kappa shape index (κ3) is 5.31. The van der Waals surface area contributed by atoms with Crippen LogP contribution in [0.2, 0.25) is 0 Å². The molecule has 172 valence electrons. The molecule has 0 N–H and O–H groups in total. The molecule has 0 saturated carbocycles. The maximum Gasteiger partial charge on any atom is 0.416 e. The zero-order chi connectivity index (χ0) is 22.7. The smallest absolute Gasteiger partial charge is 0.341 e. The molecule has 1 aromatic heterocycles. The molecule has 32 heavy (non-hydrogen) atoms. The van der Waals surface area contributed by atoms with Crippen LogP contribution in [0.25, 0.3) is 10.9 Å². The lowest BCUT2D eigenvalue weighted by molar-refractivity contribution is -0.137. The first-order chi connectivity index (χ1) is 15.3. The average Bonchev–Trinajstić information content (AvgIpc) is 3.14. The molecule has 0 unspecified atom stereocenters. The van der Waals surface area contributed by atoms with Gasteiger partial charge in [0.15, 0.2) is 0 Å². The fourth-order valence-corrected chi connectivity index (χ4v) is 5.42. The van der Waals surface area contributed by atoms with E-state index in [1.807, 2.05) is 6.07 Å². The molecule has 1 aliphatic rings. The second kappa shape index (κ2) is 9.87. The van der Waals surface area contributed by atoms with Crippen LogP contribution in [0.5, 0.6) is 0 Å². The van der Waals surface area contributed by atoms with Crippen molar-refractivity contribution in [3.63, 3.8) is 0 Å². The van der Waals surface area contributed by atoms with Gasteiger partial charge in [0.2, 0.25) is 0 Å². The third-order valence-corrected chi connectivity index (χ3v) is 7.33. The Morgan fingerprint density at radius 2 is 1.72 bits per heavy atom. The number of aromatic nitrogens is 1. The lowest BCUT2D eigenvalue weighted by atomic mass is 10.0. The Morgan fingerprint density at radius 3 is 2.38 bits per heavy atom. The topological polar surface area (TPSA) is 8.17 Å². The second-order valence-corrected chi connectivity index (χ2v) is 9.53. The van der Waals surface area contributed by atoms with Crippen LogP contribution in [0.1, 0.15) is 43.5 Å². The number of benzene rings is 2. The second-order valence-electron chi connectivity index (χ2n) is 8.36. The highest BCUT2D eigenvalue weighted by Crippen LogP contribution is 2.32. The normalized spacial score (nSPS) is 16.2. The number of fused-ring (bicyclic) bond motifs is 1. The highest BCUT2D eigenvalue weighted by atomic mass is 32.2. The van der Waals surface area contributed by atoms with E-state index in [2.05, 4.69) is 22.5 Å². The van der Waals surface area contributed by atoms with E-state index >= 15 is 0 Å². The van der Waals surface area contributed by atoms with Gasteiger partial charge in [-0.05, 0) is 86.5 Å². The molecular weight excluding hydrogens is 436 g/mol. The van der Waals surface area contributed by atoms with E-state index in [-0.39, 0.29) is 5.82 Å². The molecule has 0 spiro atoms. The summed E-state index contributed by atoms with van der Waals surface area (Å²) in [6.45, 7) is 5.20. The van der Waals surface area contributed by atoms with Crippen molar-refractivity contribution in [2.24, 2.45) is 0 Å². The van der Waals surface area contributed by atoms with Crippen molar-refractivity contribution in [1.82, 2.24) is 9.47 Å². The Bertz CT molecular complexity index is 1030. The molecule has 0 bridgehead atoms. The Balaban J connectivity index is 1.26. The van der Waals surface area contributed by atoms with E-state index in [1.54, 1.807) is 36.0 Å². The van der Waals surface area contributed by atoms with Gasteiger partial charge in [0, 0.05) is 40.6 Å². The molecule has 2 aromatic carbocycles. The average molecular weight is 465 g/mol. The van der Waals surface area contributed by atoms with Crippen molar-refractivity contribution < 1.29 is 17.6 Å². The molecule has 4 rings (SSSR count). The summed E-state index contributed by atoms with van der Waals surface area (Å²) < 4.78 is 54.0. The van der Waals surface area contributed by atoms with E-state index in [9.17, 15) is 17.6 Å². The fraction of sp³-hybridized carbons (Fsp3) is 0.440. The maximum atomic E-state index is 13.6. The summed E-state index contributed by atoms with van der Waals surface area (Å²) in [6, 6.07) is 13.0. The van der Waals surface area contributed by atoms with Gasteiger partial charge in [0.25, 0.3) is 0 Å². The minimum atomic E-state index is -4.28. The summed E-state index contributed by atoms with van der Waals surface area (Å²) in [5.41, 5.74) is 1.78. The zero-order valence-corrected chi connectivity index (χ0v) is 19.0. The Labute approximate surface area is 190 Å². The van der Waals surface area contributed by atoms with E-state index < -0.39 is 11.7 Å². The molecule has 3 aromatic rings. The van der Waals surface area contributed by atoms with Crippen LogP contribution in [-0.2, 0) is 12.6 Å². The molecule has 0 amide bonds. The number of alkyl halides is 3. The fourth-order valence-electron chi connectivity index (χ4n) is 4.59. The molecule has 2 heterocycles. The number of halogens is 4. The van der Waals surface area contributed by atoms with E-state index in [1.165, 1.54) is 5.69 Å². The first-order valence-electron chi connectivity index (χ1n) is 11.2. The Morgan fingerprint density at radius 1 is 1.00 bits per heavy atom. The highest BCUT2D eigenvalue weighted by molar-refractivity contribution is 7.99. The van der Waals surface area contributed by atoms with Gasteiger partial charge in [-0.15, -0.1) is 11.8 Å². The van der Waals surface area contributed by atoms with Crippen LogP contribution >= 0.6 is 11.8 Å². The molecule has 0 aliphatic carbocycles. The van der Waals surface area contributed by atoms with Gasteiger partial charge in [-0.3, -0.25) is 0 Å². The number of hydrogen-bond donors (Lipinski definition) is 0. The number of aryl methyl sites for hydroxylation is 1. The molecule has 0 radical (unpaired) electrons. The van der Waals surface area contributed by atoms with Gasteiger partial charge < -0.3 is 9.47 Å². The molecular formula is C25H28F4N2S. The number of rotatable bonds is 7. The van der Waals surface area contributed by atoms with Gasteiger partial charge in [0.1, 0.15) is 5.82 Å². The summed E-state index contributed by atoms with van der Waals surface area (Å²) in [5.74, 6) is 0.695. The SMILES string of the molecule is CCc1cc2cc(F)ccc2n1C1CCN(CCCSc2ccc(C(F)(F)F)cc2)CC1. The Hall–Kier alpha value is -1.99. The zero-order valence-electron chi connectivity index (χ0n) is 18.2. The van der Waals surface area contributed by atoms with Crippen molar-refractivity contribution in [3.8, 4) is 0 Å². The number of nitrogens with zero attached hydrogens (tertiary/aromatic N) is 2. The van der Waals surface area contributed by atoms with E-state index in [4.69, 9.17) is 0 Å². The van der Waals surface area contributed by atoms with Crippen LogP contribution in [0.15, 0.2) is 53.4 Å². The standard InChI is InChI=1S/C25H28F4N2S/c1-2-21-17-18-16-20(26)6-9-24(18)31(21)22-10-13-30(14-11-22)12-3-15-32-23-7-4-19(5-8-23)25(27,28)29/h4-9,16-17,22H,2-3,10-15H2,1H3. The van der Waals surface area contributed by atoms with Crippen LogP contribution in [0.3, 0.4) is 0 Å². The maximum absolute atomic E-state index is 13.6. The summed E-state index contributed by atoms with van der Waals surface area (Å²) in [6.07, 6.45) is -0.212. The predicted molar refractivity (Wildman–Crippen MR) is 123 cm³/mol. The van der Waals surface area contributed by atoms with E-state index in [0.29, 0.717) is 6.04 Å². The number of hydrogen-bond acceptors (Lipinski definition) is 2. The van der Waals surface area contributed by atoms with Crippen molar-refractivity contribution in [2.45, 2.75) is 49.7 Å². The lowest BCUT2D eigenvalue weighted by Crippen LogP contribution is -2.35. The monoisotopic (exact) mass is 464 g/mol. The summed E-state index contributed by atoms with van der Waals surface area (Å²) in [5, 5.41) is 0.976.